The van der Waals surface area contributed by atoms with Crippen LogP contribution in [0.2, 0.25) is 0 Å². The van der Waals surface area contributed by atoms with Crippen molar-refractivity contribution >= 4 is 17.5 Å². The van der Waals surface area contributed by atoms with E-state index in [1.54, 1.807) is 17.1 Å². The van der Waals surface area contributed by atoms with Gasteiger partial charge in [-0.05, 0) is 6.42 Å². The number of nitrogens with zero attached hydrogens (tertiary/aromatic N) is 3. The van der Waals surface area contributed by atoms with Crippen LogP contribution in [-0.4, -0.2) is 63.9 Å². The maximum absolute atomic E-state index is 12.0. The predicted octanol–water partition coefficient (Wildman–Crippen LogP) is -0.586. The first-order chi connectivity index (χ1) is 11.1. The van der Waals surface area contributed by atoms with E-state index in [1.807, 2.05) is 4.90 Å². The summed E-state index contributed by atoms with van der Waals surface area (Å²) >= 11 is 0. The fraction of sp³-hybridized carbons (Fsp3) is 0.667. The smallest absolute Gasteiger partial charge is 0.224 e. The van der Waals surface area contributed by atoms with Gasteiger partial charge in [0.2, 0.25) is 11.8 Å². The summed E-state index contributed by atoms with van der Waals surface area (Å²) in [4.78, 5) is 25.4. The third-order valence-corrected chi connectivity index (χ3v) is 4.44. The minimum atomic E-state index is -0.457. The SMILES string of the molecule is O=C(C[C@@H]1CNC[C@H]1O)Nc1cnn(CCN2CCCC2=O)c1. The van der Waals surface area contributed by atoms with Gasteiger partial charge in [0.15, 0.2) is 0 Å². The van der Waals surface area contributed by atoms with Crippen molar-refractivity contribution in [3.8, 4) is 0 Å². The minimum absolute atomic E-state index is 0.0359. The second-order valence-electron chi connectivity index (χ2n) is 6.21. The Bertz CT molecular complexity index is 573. The first kappa shape index (κ1) is 15.9. The van der Waals surface area contributed by atoms with E-state index in [1.165, 1.54) is 0 Å². The van der Waals surface area contributed by atoms with Gasteiger partial charge >= 0.3 is 0 Å². The van der Waals surface area contributed by atoms with Crippen LogP contribution in [0, 0.1) is 5.92 Å². The summed E-state index contributed by atoms with van der Waals surface area (Å²) < 4.78 is 1.73. The lowest BCUT2D eigenvalue weighted by Gasteiger charge is -2.14. The van der Waals surface area contributed by atoms with Gasteiger partial charge in [-0.1, -0.05) is 0 Å². The highest BCUT2D eigenvalue weighted by atomic mass is 16.3. The van der Waals surface area contributed by atoms with Crippen molar-refractivity contribution < 1.29 is 14.7 Å². The normalized spacial score (nSPS) is 24.4. The van der Waals surface area contributed by atoms with Gasteiger partial charge in [0.05, 0.1) is 24.5 Å². The average Bonchev–Trinajstić information content (AvgIpc) is 3.21. The molecule has 2 atom stereocenters. The third kappa shape index (κ3) is 4.08. The Balaban J connectivity index is 1.45. The van der Waals surface area contributed by atoms with Crippen LogP contribution in [0.5, 0.6) is 0 Å². The first-order valence-corrected chi connectivity index (χ1v) is 8.10. The van der Waals surface area contributed by atoms with Gasteiger partial charge in [-0.15, -0.1) is 0 Å². The van der Waals surface area contributed by atoms with Crippen LogP contribution in [-0.2, 0) is 16.1 Å². The van der Waals surface area contributed by atoms with Gasteiger partial charge in [-0.3, -0.25) is 14.3 Å². The van der Waals surface area contributed by atoms with E-state index in [4.69, 9.17) is 0 Å². The molecule has 0 spiro atoms. The van der Waals surface area contributed by atoms with E-state index >= 15 is 0 Å². The molecular formula is C15H23N5O3. The molecule has 3 N–H and O–H groups in total. The van der Waals surface area contributed by atoms with Crippen molar-refractivity contribution in [2.24, 2.45) is 5.92 Å². The van der Waals surface area contributed by atoms with Crippen LogP contribution >= 0.6 is 0 Å². The Morgan fingerprint density at radius 3 is 3.00 bits per heavy atom. The van der Waals surface area contributed by atoms with Gasteiger partial charge in [0.25, 0.3) is 0 Å². The third-order valence-electron chi connectivity index (χ3n) is 4.44. The number of aromatic nitrogens is 2. The van der Waals surface area contributed by atoms with E-state index in [0.29, 0.717) is 44.7 Å². The molecule has 0 aliphatic carbocycles. The summed E-state index contributed by atoms with van der Waals surface area (Å²) in [6, 6.07) is 0. The molecule has 23 heavy (non-hydrogen) atoms. The van der Waals surface area contributed by atoms with Crippen molar-refractivity contribution in [2.45, 2.75) is 31.9 Å². The molecule has 0 radical (unpaired) electrons. The van der Waals surface area contributed by atoms with Gasteiger partial charge in [0, 0.05) is 51.1 Å². The van der Waals surface area contributed by atoms with Crippen molar-refractivity contribution in [3.63, 3.8) is 0 Å². The van der Waals surface area contributed by atoms with E-state index in [2.05, 4.69) is 15.7 Å². The Labute approximate surface area is 134 Å². The maximum Gasteiger partial charge on any atom is 0.224 e. The predicted molar refractivity (Wildman–Crippen MR) is 83.7 cm³/mol. The molecule has 1 aromatic rings. The van der Waals surface area contributed by atoms with Crippen LogP contribution in [0.1, 0.15) is 19.3 Å². The molecule has 8 nitrogen and oxygen atoms in total. The summed E-state index contributed by atoms with van der Waals surface area (Å²) in [5.74, 6) is 0.0488. The maximum atomic E-state index is 12.0. The van der Waals surface area contributed by atoms with Crippen LogP contribution < -0.4 is 10.6 Å². The summed E-state index contributed by atoms with van der Waals surface area (Å²) in [5, 5.41) is 19.8. The molecule has 1 aromatic heterocycles. The summed E-state index contributed by atoms with van der Waals surface area (Å²) in [6.45, 7) is 3.30. The monoisotopic (exact) mass is 321 g/mol. The zero-order valence-corrected chi connectivity index (χ0v) is 13.1. The number of nitrogens with one attached hydrogen (secondary N) is 2. The van der Waals surface area contributed by atoms with Gasteiger partial charge in [-0.2, -0.15) is 5.10 Å². The fourth-order valence-electron chi connectivity index (χ4n) is 3.09. The lowest BCUT2D eigenvalue weighted by atomic mass is 10.0. The Hall–Kier alpha value is -1.93. The highest BCUT2D eigenvalue weighted by molar-refractivity contribution is 5.90. The molecule has 2 aliphatic rings. The quantitative estimate of drug-likeness (QED) is 0.651. The lowest BCUT2D eigenvalue weighted by Crippen LogP contribution is -2.28. The molecule has 2 aliphatic heterocycles. The molecule has 0 bridgehead atoms. The van der Waals surface area contributed by atoms with Gasteiger partial charge in [-0.25, -0.2) is 0 Å². The molecule has 0 unspecified atom stereocenters. The molecule has 8 heteroatoms. The van der Waals surface area contributed by atoms with Crippen molar-refractivity contribution in [3.05, 3.63) is 12.4 Å². The van der Waals surface area contributed by atoms with E-state index in [9.17, 15) is 14.7 Å². The van der Waals surface area contributed by atoms with Gasteiger partial charge in [0.1, 0.15) is 0 Å². The topological polar surface area (TPSA) is 99.5 Å². The number of anilines is 1. The van der Waals surface area contributed by atoms with E-state index in [0.717, 1.165) is 13.0 Å². The van der Waals surface area contributed by atoms with Crippen molar-refractivity contribution in [2.75, 3.05) is 31.5 Å². The minimum Gasteiger partial charge on any atom is -0.391 e. The number of amides is 2. The second kappa shape index (κ2) is 7.10. The molecule has 2 fully saturated rings. The van der Waals surface area contributed by atoms with E-state index < -0.39 is 6.10 Å². The zero-order valence-electron chi connectivity index (χ0n) is 13.1. The number of carbonyl (C=O) groups is 2. The molecule has 2 amide bonds. The number of β-amino-alcohol motifs (C(OH)–C–C–N with tert-alkyl or cyclic N) is 1. The fourth-order valence-corrected chi connectivity index (χ4v) is 3.09. The molecule has 0 saturated carbocycles. The number of carbonyl (C=O) groups excluding carboxylic acids is 2. The van der Waals surface area contributed by atoms with Crippen molar-refractivity contribution in [1.82, 2.24) is 20.0 Å². The number of hydrogen-bond acceptors (Lipinski definition) is 5. The molecule has 2 saturated heterocycles. The number of rotatable bonds is 6. The van der Waals surface area contributed by atoms with Crippen LogP contribution in [0.4, 0.5) is 5.69 Å². The summed E-state index contributed by atoms with van der Waals surface area (Å²) in [7, 11) is 0. The van der Waals surface area contributed by atoms with E-state index in [-0.39, 0.29) is 17.7 Å². The molecule has 0 aromatic carbocycles. The summed E-state index contributed by atoms with van der Waals surface area (Å²) in [6.07, 6.45) is 4.78. The number of likely N-dealkylation sites (tertiary alicyclic amines) is 1. The molecule has 126 valence electrons. The number of aliphatic hydroxyl groups excluding tert-OH is 1. The Kier molecular flexibility index (Phi) is 4.92. The second-order valence-corrected chi connectivity index (χ2v) is 6.21. The Morgan fingerprint density at radius 1 is 1.43 bits per heavy atom. The Morgan fingerprint density at radius 2 is 2.30 bits per heavy atom. The van der Waals surface area contributed by atoms with Crippen LogP contribution in [0.3, 0.4) is 0 Å². The van der Waals surface area contributed by atoms with Gasteiger partial charge < -0.3 is 20.6 Å². The molecule has 3 rings (SSSR count). The summed E-state index contributed by atoms with van der Waals surface area (Å²) in [5.41, 5.74) is 0.642. The zero-order chi connectivity index (χ0) is 16.2. The first-order valence-electron chi connectivity index (χ1n) is 8.10. The highest BCUT2D eigenvalue weighted by Gasteiger charge is 2.27. The molecular weight excluding hydrogens is 298 g/mol. The number of aliphatic hydroxyl groups is 1. The van der Waals surface area contributed by atoms with Crippen molar-refractivity contribution in [1.29, 1.82) is 0 Å². The standard InChI is InChI=1S/C15H23N5O3/c21-13-9-16-7-11(13)6-14(22)18-12-8-17-20(10-12)5-4-19-3-1-2-15(19)23/h8,10-11,13,16,21H,1-7,9H2,(H,18,22)/t11-,13-/m1/s1. The highest BCUT2D eigenvalue weighted by Crippen LogP contribution is 2.15. The molecule has 3 heterocycles. The van der Waals surface area contributed by atoms with Crippen LogP contribution in [0.25, 0.3) is 0 Å². The average molecular weight is 321 g/mol. The lowest BCUT2D eigenvalue weighted by molar-refractivity contribution is -0.127. The van der Waals surface area contributed by atoms with Crippen LogP contribution in [0.15, 0.2) is 12.4 Å². The number of hydrogen-bond donors (Lipinski definition) is 3. The largest absolute Gasteiger partial charge is 0.391 e.